The molecule has 1 aliphatic heterocycles. The van der Waals surface area contributed by atoms with Gasteiger partial charge in [0.25, 0.3) is 5.91 Å². The number of nitrogens with one attached hydrogen (secondary N) is 1. The van der Waals surface area contributed by atoms with Gasteiger partial charge in [0, 0.05) is 26.1 Å². The number of carboxylic acids is 1. The minimum Gasteiger partial charge on any atom is -0.476 e. The Balaban J connectivity index is 1.41. The molecule has 8 nitrogen and oxygen atoms in total. The molecule has 2 N–H and O–H groups in total. The van der Waals surface area contributed by atoms with Gasteiger partial charge in [-0.25, -0.2) is 14.8 Å². The van der Waals surface area contributed by atoms with Crippen molar-refractivity contribution in [3.8, 4) is 0 Å². The zero-order valence-corrected chi connectivity index (χ0v) is 14.0. The molecule has 0 unspecified atom stereocenters. The van der Waals surface area contributed by atoms with E-state index in [0.29, 0.717) is 32.5 Å². The third-order valence-corrected chi connectivity index (χ3v) is 4.15. The van der Waals surface area contributed by atoms with Crippen molar-refractivity contribution in [2.45, 2.75) is 25.9 Å². The van der Waals surface area contributed by atoms with Gasteiger partial charge in [0.15, 0.2) is 5.69 Å². The number of fused-ring (bicyclic) bond motifs is 1. The van der Waals surface area contributed by atoms with E-state index in [2.05, 4.69) is 15.3 Å². The molecule has 0 saturated carbocycles. The number of hydrogen-bond donors (Lipinski definition) is 2. The molecule has 1 aromatic heterocycles. The maximum Gasteiger partial charge on any atom is 0.356 e. The molecule has 2 aromatic rings. The first-order chi connectivity index (χ1) is 12.5. The molecule has 0 spiro atoms. The fourth-order valence-corrected chi connectivity index (χ4v) is 2.76. The summed E-state index contributed by atoms with van der Waals surface area (Å²) in [5.74, 6) is -1.59. The predicted octanol–water partition coefficient (Wildman–Crippen LogP) is 1.23. The highest BCUT2D eigenvalue weighted by Crippen LogP contribution is 2.22. The van der Waals surface area contributed by atoms with Gasteiger partial charge >= 0.3 is 5.97 Å². The lowest BCUT2D eigenvalue weighted by atomic mass is 10.1. The number of amides is 2. The van der Waals surface area contributed by atoms with E-state index in [1.165, 1.54) is 11.1 Å². The number of benzene rings is 1. The van der Waals surface area contributed by atoms with Gasteiger partial charge in [-0.15, -0.1) is 0 Å². The molecule has 1 aliphatic rings. The molecule has 0 aliphatic carbocycles. The Labute approximate surface area is 149 Å². The first kappa shape index (κ1) is 17.5. The fourth-order valence-electron chi connectivity index (χ4n) is 2.76. The molecule has 134 valence electrons. The summed E-state index contributed by atoms with van der Waals surface area (Å²) in [6, 6.07) is 7.99. The van der Waals surface area contributed by atoms with Gasteiger partial charge in [0.05, 0.1) is 12.4 Å². The fraction of sp³-hybridized carbons (Fsp3) is 0.278. The van der Waals surface area contributed by atoms with Crippen LogP contribution in [0.15, 0.2) is 36.7 Å². The molecular formula is C18H18N4O4. The van der Waals surface area contributed by atoms with Gasteiger partial charge in [0.2, 0.25) is 5.91 Å². The molecule has 2 amide bonds. The molecule has 0 atom stereocenters. The molecule has 0 bridgehead atoms. The minimum atomic E-state index is -1.20. The SMILES string of the molecule is O=C(O)c1cnc(C(=O)NCCCC(=O)N2Cc3ccccc3C2)cn1. The number of aromatic nitrogens is 2. The number of rotatable bonds is 6. The Morgan fingerprint density at radius 1 is 1.04 bits per heavy atom. The third kappa shape index (κ3) is 4.02. The average Bonchev–Trinajstić information content (AvgIpc) is 3.09. The highest BCUT2D eigenvalue weighted by atomic mass is 16.4. The average molecular weight is 354 g/mol. The zero-order valence-electron chi connectivity index (χ0n) is 14.0. The normalized spacial score (nSPS) is 12.5. The maximum atomic E-state index is 12.3. The summed E-state index contributed by atoms with van der Waals surface area (Å²) < 4.78 is 0. The largest absolute Gasteiger partial charge is 0.476 e. The van der Waals surface area contributed by atoms with Crippen LogP contribution in [0.25, 0.3) is 0 Å². The van der Waals surface area contributed by atoms with E-state index in [1.807, 2.05) is 29.2 Å². The standard InChI is InChI=1S/C18H18N4O4/c23-16(22-10-12-4-1-2-5-13(12)11-22)6-3-7-19-17(24)14-8-21-15(9-20-14)18(25)26/h1-2,4-5,8-9H,3,6-7,10-11H2,(H,19,24)(H,25,26). The van der Waals surface area contributed by atoms with Crippen molar-refractivity contribution in [2.24, 2.45) is 0 Å². The molecule has 26 heavy (non-hydrogen) atoms. The van der Waals surface area contributed by atoms with Crippen LogP contribution in [0.1, 0.15) is 44.9 Å². The Morgan fingerprint density at radius 2 is 1.65 bits per heavy atom. The van der Waals surface area contributed by atoms with E-state index in [-0.39, 0.29) is 17.3 Å². The number of nitrogens with zero attached hydrogens (tertiary/aromatic N) is 3. The second-order valence-electron chi connectivity index (χ2n) is 5.97. The molecule has 0 fully saturated rings. The van der Waals surface area contributed by atoms with Gasteiger partial charge < -0.3 is 15.3 Å². The molecule has 3 rings (SSSR count). The van der Waals surface area contributed by atoms with Crippen LogP contribution in [0.4, 0.5) is 0 Å². The summed E-state index contributed by atoms with van der Waals surface area (Å²) in [7, 11) is 0. The minimum absolute atomic E-state index is 0.0383. The third-order valence-electron chi connectivity index (χ3n) is 4.15. The van der Waals surface area contributed by atoms with Crippen molar-refractivity contribution in [1.29, 1.82) is 0 Å². The highest BCUT2D eigenvalue weighted by Gasteiger charge is 2.22. The van der Waals surface area contributed by atoms with Crippen LogP contribution in [-0.2, 0) is 17.9 Å². The Bertz CT molecular complexity index is 810. The van der Waals surface area contributed by atoms with E-state index in [1.54, 1.807) is 0 Å². The Morgan fingerprint density at radius 3 is 2.23 bits per heavy atom. The van der Waals surface area contributed by atoms with E-state index >= 15 is 0 Å². The lowest BCUT2D eigenvalue weighted by Gasteiger charge is -2.15. The van der Waals surface area contributed by atoms with E-state index in [4.69, 9.17) is 5.11 Å². The van der Waals surface area contributed by atoms with E-state index in [9.17, 15) is 14.4 Å². The zero-order chi connectivity index (χ0) is 18.5. The summed E-state index contributed by atoms with van der Waals surface area (Å²) in [6.07, 6.45) is 3.01. The molecule has 1 aromatic carbocycles. The van der Waals surface area contributed by atoms with Crippen molar-refractivity contribution in [2.75, 3.05) is 6.54 Å². The van der Waals surface area contributed by atoms with E-state index in [0.717, 1.165) is 12.4 Å². The number of aromatic carboxylic acids is 1. The van der Waals surface area contributed by atoms with E-state index < -0.39 is 11.9 Å². The Kier molecular flexibility index (Phi) is 5.21. The number of carbonyl (C=O) groups excluding carboxylic acids is 2. The molecule has 8 heteroatoms. The first-order valence-electron chi connectivity index (χ1n) is 8.22. The highest BCUT2D eigenvalue weighted by molar-refractivity contribution is 5.92. The molecule has 0 radical (unpaired) electrons. The van der Waals surface area contributed by atoms with Crippen molar-refractivity contribution in [1.82, 2.24) is 20.2 Å². The van der Waals surface area contributed by atoms with Gasteiger partial charge in [0.1, 0.15) is 5.69 Å². The van der Waals surface area contributed by atoms with Crippen LogP contribution in [-0.4, -0.2) is 44.3 Å². The molecule has 0 saturated heterocycles. The van der Waals surface area contributed by atoms with Crippen molar-refractivity contribution >= 4 is 17.8 Å². The number of carbonyl (C=O) groups is 3. The summed E-state index contributed by atoms with van der Waals surface area (Å²) in [6.45, 7) is 1.59. The number of hydrogen-bond acceptors (Lipinski definition) is 5. The van der Waals surface area contributed by atoms with Crippen molar-refractivity contribution in [3.05, 3.63) is 59.2 Å². The smallest absolute Gasteiger partial charge is 0.356 e. The summed E-state index contributed by atoms with van der Waals surface area (Å²) in [4.78, 5) is 44.1. The second-order valence-corrected chi connectivity index (χ2v) is 5.97. The van der Waals surface area contributed by atoms with Crippen LogP contribution < -0.4 is 5.32 Å². The Hall–Kier alpha value is -3.29. The van der Waals surface area contributed by atoms with Gasteiger partial charge in [-0.1, -0.05) is 24.3 Å². The van der Waals surface area contributed by atoms with Gasteiger partial charge in [-0.3, -0.25) is 9.59 Å². The number of carboxylic acid groups (broad SMARTS) is 1. The van der Waals surface area contributed by atoms with Crippen LogP contribution in [0.3, 0.4) is 0 Å². The monoisotopic (exact) mass is 354 g/mol. The lowest BCUT2D eigenvalue weighted by molar-refractivity contribution is -0.131. The van der Waals surface area contributed by atoms with Gasteiger partial charge in [-0.2, -0.15) is 0 Å². The maximum absolute atomic E-state index is 12.3. The lowest BCUT2D eigenvalue weighted by Crippen LogP contribution is -2.29. The molecule has 2 heterocycles. The molecular weight excluding hydrogens is 336 g/mol. The topological polar surface area (TPSA) is 112 Å². The summed E-state index contributed by atoms with van der Waals surface area (Å²) in [5, 5.41) is 11.4. The van der Waals surface area contributed by atoms with Crippen molar-refractivity contribution < 1.29 is 19.5 Å². The second kappa shape index (κ2) is 7.73. The summed E-state index contributed by atoms with van der Waals surface area (Å²) >= 11 is 0. The van der Waals surface area contributed by atoms with Crippen LogP contribution in [0.5, 0.6) is 0 Å². The van der Waals surface area contributed by atoms with Crippen LogP contribution >= 0.6 is 0 Å². The van der Waals surface area contributed by atoms with Crippen LogP contribution in [0.2, 0.25) is 0 Å². The van der Waals surface area contributed by atoms with Crippen molar-refractivity contribution in [3.63, 3.8) is 0 Å². The first-order valence-corrected chi connectivity index (χ1v) is 8.22. The summed E-state index contributed by atoms with van der Waals surface area (Å²) in [5.41, 5.74) is 2.17. The predicted molar refractivity (Wildman–Crippen MR) is 91.3 cm³/mol. The van der Waals surface area contributed by atoms with Crippen LogP contribution in [0, 0.1) is 0 Å². The van der Waals surface area contributed by atoms with Gasteiger partial charge in [-0.05, 0) is 17.5 Å². The quantitative estimate of drug-likeness (QED) is 0.755.